The van der Waals surface area contributed by atoms with Crippen molar-refractivity contribution in [2.75, 3.05) is 18.4 Å². The van der Waals surface area contributed by atoms with Crippen molar-refractivity contribution >= 4 is 22.9 Å². The molecule has 0 spiro atoms. The quantitative estimate of drug-likeness (QED) is 0.716. The number of piperidine rings is 1. The zero-order valence-electron chi connectivity index (χ0n) is 16.2. The van der Waals surface area contributed by atoms with E-state index in [1.807, 2.05) is 20.8 Å². The third kappa shape index (κ3) is 3.39. The Labute approximate surface area is 161 Å². The van der Waals surface area contributed by atoms with Gasteiger partial charge in [-0.15, -0.1) is 0 Å². The lowest BCUT2D eigenvalue weighted by Gasteiger charge is -2.32. The van der Waals surface area contributed by atoms with Crippen molar-refractivity contribution in [1.82, 2.24) is 24.6 Å². The molecule has 148 valence electrons. The van der Waals surface area contributed by atoms with E-state index in [1.54, 1.807) is 27.9 Å². The molecule has 3 aromatic heterocycles. The first-order valence-corrected chi connectivity index (χ1v) is 9.41. The number of fused-ring (bicyclic) bond motifs is 1. The molecular weight excluding hydrogens is 360 g/mol. The highest BCUT2D eigenvalue weighted by Gasteiger charge is 2.26. The van der Waals surface area contributed by atoms with Crippen molar-refractivity contribution in [1.29, 1.82) is 0 Å². The van der Waals surface area contributed by atoms with E-state index in [4.69, 9.17) is 4.42 Å². The van der Waals surface area contributed by atoms with Gasteiger partial charge in [-0.3, -0.25) is 14.6 Å². The number of aromatic nitrogens is 4. The molecule has 1 fully saturated rings. The van der Waals surface area contributed by atoms with Crippen LogP contribution in [0.5, 0.6) is 0 Å². The molecule has 28 heavy (non-hydrogen) atoms. The number of rotatable bonds is 3. The average Bonchev–Trinajstić information content (AvgIpc) is 3.31. The van der Waals surface area contributed by atoms with Crippen LogP contribution in [-0.4, -0.2) is 49.7 Å². The van der Waals surface area contributed by atoms with Gasteiger partial charge in [0.2, 0.25) is 5.95 Å². The number of nitrogens with one attached hydrogen (secondary N) is 2. The highest BCUT2D eigenvalue weighted by atomic mass is 16.3. The highest BCUT2D eigenvalue weighted by molar-refractivity contribution is 5.91. The van der Waals surface area contributed by atoms with Crippen LogP contribution in [0, 0.1) is 0 Å². The Morgan fingerprint density at radius 2 is 2.07 bits per heavy atom. The van der Waals surface area contributed by atoms with Gasteiger partial charge < -0.3 is 14.6 Å². The third-order valence-electron chi connectivity index (χ3n) is 4.93. The summed E-state index contributed by atoms with van der Waals surface area (Å²) in [5.74, 6) is 0.697. The molecule has 3 aromatic rings. The topological polar surface area (TPSA) is 109 Å². The molecule has 0 bridgehead atoms. The Hall–Kier alpha value is -3.10. The number of nitrogens with zero attached hydrogens (tertiary/aromatic N) is 4. The molecule has 4 heterocycles. The Balaban J connectivity index is 1.47. The summed E-state index contributed by atoms with van der Waals surface area (Å²) in [4.78, 5) is 33.9. The summed E-state index contributed by atoms with van der Waals surface area (Å²) in [5, 5.41) is 8.10. The number of amides is 1. The number of furan rings is 1. The van der Waals surface area contributed by atoms with Crippen molar-refractivity contribution < 1.29 is 9.21 Å². The second kappa shape index (κ2) is 6.81. The maximum atomic E-state index is 12.4. The Morgan fingerprint density at radius 3 is 2.71 bits per heavy atom. The van der Waals surface area contributed by atoms with Crippen LogP contribution in [-0.2, 0) is 5.54 Å². The smallest absolute Gasteiger partial charge is 0.289 e. The second-order valence-corrected chi connectivity index (χ2v) is 8.07. The van der Waals surface area contributed by atoms with Crippen LogP contribution in [0.1, 0.15) is 44.2 Å². The molecule has 9 heteroatoms. The number of hydrogen-bond acceptors (Lipinski definition) is 6. The third-order valence-corrected chi connectivity index (χ3v) is 4.93. The van der Waals surface area contributed by atoms with Gasteiger partial charge in [-0.1, -0.05) is 0 Å². The van der Waals surface area contributed by atoms with Crippen LogP contribution >= 0.6 is 0 Å². The standard InChI is InChI=1S/C19H24N6O3/c1-19(2,3)25-15-13(11-20-25)16(26)23-18(22-15)21-12-6-8-24(9-7-12)17(27)14-5-4-10-28-14/h4-5,10-12H,6-9H2,1-3H3,(H2,21,22,23,26). The summed E-state index contributed by atoms with van der Waals surface area (Å²) in [7, 11) is 0. The fourth-order valence-corrected chi connectivity index (χ4v) is 3.45. The van der Waals surface area contributed by atoms with E-state index in [9.17, 15) is 9.59 Å². The fraction of sp³-hybridized carbons (Fsp3) is 0.474. The molecule has 0 saturated carbocycles. The lowest BCUT2D eigenvalue weighted by molar-refractivity contribution is 0.0686. The number of hydrogen-bond donors (Lipinski definition) is 2. The minimum absolute atomic E-state index is 0.0921. The first-order chi connectivity index (χ1) is 13.3. The lowest BCUT2D eigenvalue weighted by atomic mass is 10.0. The van der Waals surface area contributed by atoms with Crippen molar-refractivity contribution in [2.24, 2.45) is 0 Å². The van der Waals surface area contributed by atoms with E-state index in [2.05, 4.69) is 20.4 Å². The molecule has 2 N–H and O–H groups in total. The number of likely N-dealkylation sites (tertiary alicyclic amines) is 1. The van der Waals surface area contributed by atoms with Crippen LogP contribution in [0.4, 0.5) is 5.95 Å². The summed E-state index contributed by atoms with van der Waals surface area (Å²) in [6.45, 7) is 7.27. The molecule has 1 amide bonds. The van der Waals surface area contributed by atoms with E-state index in [0.717, 1.165) is 12.8 Å². The minimum atomic E-state index is -0.280. The second-order valence-electron chi connectivity index (χ2n) is 8.07. The number of carbonyl (C=O) groups is 1. The van der Waals surface area contributed by atoms with Crippen molar-refractivity contribution in [3.8, 4) is 0 Å². The highest BCUT2D eigenvalue weighted by Crippen LogP contribution is 2.20. The molecule has 4 rings (SSSR count). The lowest BCUT2D eigenvalue weighted by Crippen LogP contribution is -2.42. The van der Waals surface area contributed by atoms with E-state index in [0.29, 0.717) is 35.8 Å². The van der Waals surface area contributed by atoms with Gasteiger partial charge in [-0.05, 0) is 45.7 Å². The summed E-state index contributed by atoms with van der Waals surface area (Å²) in [5.41, 5.74) is 0.0646. The van der Waals surface area contributed by atoms with Gasteiger partial charge in [-0.2, -0.15) is 10.1 Å². The Bertz CT molecular complexity index is 1040. The van der Waals surface area contributed by atoms with Crippen molar-refractivity contribution in [3.05, 3.63) is 40.7 Å². The number of aromatic amines is 1. The van der Waals surface area contributed by atoms with Gasteiger partial charge in [0.25, 0.3) is 11.5 Å². The molecular formula is C19H24N6O3. The predicted octanol–water partition coefficient (Wildman–Crippen LogP) is 2.18. The average molecular weight is 384 g/mol. The molecule has 0 atom stereocenters. The molecule has 9 nitrogen and oxygen atoms in total. The zero-order chi connectivity index (χ0) is 19.9. The Morgan fingerprint density at radius 1 is 1.32 bits per heavy atom. The van der Waals surface area contributed by atoms with E-state index >= 15 is 0 Å². The summed E-state index contributed by atoms with van der Waals surface area (Å²) in [6.07, 6.45) is 4.57. The number of anilines is 1. The van der Waals surface area contributed by atoms with Crippen molar-refractivity contribution in [2.45, 2.75) is 45.2 Å². The molecule has 1 aliphatic heterocycles. The predicted molar refractivity (Wildman–Crippen MR) is 104 cm³/mol. The first-order valence-electron chi connectivity index (χ1n) is 9.41. The molecule has 0 radical (unpaired) electrons. The maximum absolute atomic E-state index is 12.4. The first kappa shape index (κ1) is 18.3. The van der Waals surface area contributed by atoms with Crippen LogP contribution < -0.4 is 10.9 Å². The number of H-pyrrole nitrogens is 1. The van der Waals surface area contributed by atoms with E-state index < -0.39 is 0 Å². The fourth-order valence-electron chi connectivity index (χ4n) is 3.45. The van der Waals surface area contributed by atoms with Gasteiger partial charge in [0.1, 0.15) is 5.39 Å². The molecule has 1 saturated heterocycles. The van der Waals surface area contributed by atoms with Crippen molar-refractivity contribution in [3.63, 3.8) is 0 Å². The molecule has 0 unspecified atom stereocenters. The van der Waals surface area contributed by atoms with Gasteiger partial charge in [-0.25, -0.2) is 4.68 Å². The van der Waals surface area contributed by atoms with Crippen LogP contribution in [0.25, 0.3) is 11.0 Å². The summed E-state index contributed by atoms with van der Waals surface area (Å²) in [6, 6.07) is 3.50. The largest absolute Gasteiger partial charge is 0.459 e. The van der Waals surface area contributed by atoms with Crippen LogP contribution in [0.15, 0.2) is 33.8 Å². The molecule has 1 aliphatic rings. The molecule has 0 aliphatic carbocycles. The Kier molecular flexibility index (Phi) is 4.44. The molecule has 0 aromatic carbocycles. The maximum Gasteiger partial charge on any atom is 0.289 e. The van der Waals surface area contributed by atoms with E-state index in [-0.39, 0.29) is 23.0 Å². The van der Waals surface area contributed by atoms with Crippen LogP contribution in [0.3, 0.4) is 0 Å². The van der Waals surface area contributed by atoms with Gasteiger partial charge in [0.05, 0.1) is 18.0 Å². The summed E-state index contributed by atoms with van der Waals surface area (Å²) >= 11 is 0. The minimum Gasteiger partial charge on any atom is -0.459 e. The van der Waals surface area contributed by atoms with Gasteiger partial charge in [0.15, 0.2) is 11.4 Å². The number of carbonyl (C=O) groups excluding carboxylic acids is 1. The van der Waals surface area contributed by atoms with E-state index in [1.165, 1.54) is 6.26 Å². The monoisotopic (exact) mass is 384 g/mol. The van der Waals surface area contributed by atoms with Gasteiger partial charge in [0, 0.05) is 19.1 Å². The summed E-state index contributed by atoms with van der Waals surface area (Å²) < 4.78 is 6.95. The SMILES string of the molecule is CC(C)(C)n1ncc2c(=O)[nH]c(NC3CCN(C(=O)c4ccco4)CC3)nc21. The normalized spacial score (nSPS) is 15.9. The van der Waals surface area contributed by atoms with Gasteiger partial charge >= 0.3 is 0 Å². The van der Waals surface area contributed by atoms with Crippen LogP contribution in [0.2, 0.25) is 0 Å². The zero-order valence-corrected chi connectivity index (χ0v) is 16.2.